The number of hydrogen-bond acceptors (Lipinski definition) is 6. The summed E-state index contributed by atoms with van der Waals surface area (Å²) in [6, 6.07) is 11.1. The van der Waals surface area contributed by atoms with Crippen LogP contribution in [0.15, 0.2) is 63.5 Å². The van der Waals surface area contributed by atoms with E-state index in [-0.39, 0.29) is 11.5 Å². The van der Waals surface area contributed by atoms with Gasteiger partial charge in [-0.1, -0.05) is 43.5 Å². The molecule has 0 radical (unpaired) electrons. The lowest BCUT2D eigenvalue weighted by Crippen LogP contribution is -2.60. The number of anilines is 1. The Bertz CT molecular complexity index is 1360. The maximum absolute atomic E-state index is 13.6. The number of fused-ring (bicyclic) bond motifs is 3. The summed E-state index contributed by atoms with van der Waals surface area (Å²) in [6.07, 6.45) is 3.81. The highest BCUT2D eigenvalue weighted by Crippen LogP contribution is 2.42. The van der Waals surface area contributed by atoms with Crippen LogP contribution in [0.25, 0.3) is 11.3 Å². The molecule has 36 heavy (non-hydrogen) atoms. The standard InChI is InChI=1S/C26H27BrN4O4S/c1-5-10-21(32)30-19-12-9-8-11-17(19)22-24(33)28-26(36-4)29-31(22)25(30)16-14-18(27)23(35-13-6-2)20(15-16)34-7-3/h6,8-9,11-12,14-15,25H,2,5,7,10,13H2,1,3-4H3/p+1/t25-/m0/s1. The second-order valence-corrected chi connectivity index (χ2v) is 9.67. The van der Waals surface area contributed by atoms with Crippen molar-refractivity contribution in [1.29, 1.82) is 0 Å². The van der Waals surface area contributed by atoms with Crippen LogP contribution in [0.3, 0.4) is 0 Å². The Kier molecular flexibility index (Phi) is 8.15. The lowest BCUT2D eigenvalue weighted by atomic mass is 10.0. The van der Waals surface area contributed by atoms with Gasteiger partial charge in [0.15, 0.2) is 11.5 Å². The number of carbonyl (C=O) groups is 1. The van der Waals surface area contributed by atoms with Crippen molar-refractivity contribution in [2.75, 3.05) is 24.4 Å². The maximum Gasteiger partial charge on any atom is 0.325 e. The molecule has 3 aromatic rings. The van der Waals surface area contributed by atoms with E-state index in [2.05, 4.69) is 27.5 Å². The van der Waals surface area contributed by atoms with Gasteiger partial charge in [-0.25, -0.2) is 4.90 Å². The SMILES string of the molecule is C=CCOc1c(Br)cc([C@H]2N(C(=O)CCC)c3ccccc3-c3c(=O)[nH]c(SC)n[n+]32)cc1OCC. The lowest BCUT2D eigenvalue weighted by molar-refractivity contribution is -0.763. The van der Waals surface area contributed by atoms with Gasteiger partial charge < -0.3 is 9.47 Å². The van der Waals surface area contributed by atoms with Crippen molar-refractivity contribution in [1.82, 2.24) is 10.1 Å². The van der Waals surface area contributed by atoms with Crippen LogP contribution in [0.4, 0.5) is 5.69 Å². The Balaban J connectivity index is 2.03. The number of ether oxygens (including phenoxy) is 2. The number of aromatic nitrogens is 3. The number of hydrogen-bond donors (Lipinski definition) is 1. The molecule has 0 bridgehead atoms. The van der Waals surface area contributed by atoms with Gasteiger partial charge in [0.2, 0.25) is 11.1 Å². The molecule has 0 unspecified atom stereocenters. The van der Waals surface area contributed by atoms with Crippen LogP contribution in [0.2, 0.25) is 0 Å². The largest absolute Gasteiger partial charge is 0.490 e. The highest BCUT2D eigenvalue weighted by atomic mass is 79.9. The fourth-order valence-electron chi connectivity index (χ4n) is 4.25. The van der Waals surface area contributed by atoms with E-state index in [1.807, 2.05) is 56.5 Å². The molecule has 4 rings (SSSR count). The first kappa shape index (κ1) is 26.0. The summed E-state index contributed by atoms with van der Waals surface area (Å²) in [4.78, 5) is 31.5. The molecule has 188 valence electrons. The van der Waals surface area contributed by atoms with Crippen LogP contribution in [-0.4, -0.2) is 35.5 Å². The van der Waals surface area contributed by atoms with Crippen LogP contribution >= 0.6 is 27.7 Å². The monoisotopic (exact) mass is 571 g/mol. The molecule has 2 aromatic carbocycles. The first-order valence-electron chi connectivity index (χ1n) is 11.7. The van der Waals surface area contributed by atoms with E-state index < -0.39 is 6.17 Å². The summed E-state index contributed by atoms with van der Waals surface area (Å²) in [6.45, 7) is 8.30. The molecule has 0 spiro atoms. The van der Waals surface area contributed by atoms with Crippen LogP contribution in [-0.2, 0) is 4.79 Å². The van der Waals surface area contributed by atoms with Gasteiger partial charge in [0.05, 0.1) is 27.9 Å². The summed E-state index contributed by atoms with van der Waals surface area (Å²) < 4.78 is 14.1. The van der Waals surface area contributed by atoms with Crippen LogP contribution in [0.1, 0.15) is 38.4 Å². The number of amides is 1. The maximum atomic E-state index is 13.6. The normalized spacial score (nSPS) is 14.1. The summed E-state index contributed by atoms with van der Waals surface area (Å²) in [5.74, 6) is 0.988. The number of nitrogens with zero attached hydrogens (tertiary/aromatic N) is 3. The van der Waals surface area contributed by atoms with E-state index in [1.165, 1.54) is 11.8 Å². The summed E-state index contributed by atoms with van der Waals surface area (Å²) >= 11 is 4.95. The van der Waals surface area contributed by atoms with Crippen molar-refractivity contribution in [2.45, 2.75) is 38.0 Å². The Labute approximate surface area is 222 Å². The minimum atomic E-state index is -0.717. The summed E-state index contributed by atoms with van der Waals surface area (Å²) in [5.41, 5.74) is 2.13. The molecule has 0 aliphatic carbocycles. The topological polar surface area (TPSA) is 88.4 Å². The Morgan fingerprint density at radius 2 is 2.08 bits per heavy atom. The Morgan fingerprint density at radius 1 is 1.31 bits per heavy atom. The molecular formula is C26H28BrN4O4S+. The van der Waals surface area contributed by atoms with Crippen LogP contribution in [0.5, 0.6) is 11.5 Å². The highest BCUT2D eigenvalue weighted by Gasteiger charge is 2.46. The van der Waals surface area contributed by atoms with E-state index >= 15 is 0 Å². The quantitative estimate of drug-likeness (QED) is 0.224. The molecular weight excluding hydrogens is 544 g/mol. The molecule has 1 aliphatic heterocycles. The molecule has 0 fully saturated rings. The predicted molar refractivity (Wildman–Crippen MR) is 144 cm³/mol. The third-order valence-corrected chi connectivity index (χ3v) is 6.82. The Morgan fingerprint density at radius 3 is 2.78 bits per heavy atom. The number of H-pyrrole nitrogens is 1. The zero-order valence-electron chi connectivity index (χ0n) is 20.4. The molecule has 1 aliphatic rings. The lowest BCUT2D eigenvalue weighted by Gasteiger charge is -2.32. The highest BCUT2D eigenvalue weighted by molar-refractivity contribution is 9.10. The fraction of sp³-hybridized carbons (Fsp3) is 0.308. The number of aromatic amines is 1. The molecule has 1 amide bonds. The number of thioether (sulfide) groups is 1. The fourth-order valence-corrected chi connectivity index (χ4v) is 5.19. The van der Waals surface area contributed by atoms with Crippen molar-refractivity contribution in [3.05, 3.63) is 69.4 Å². The van der Waals surface area contributed by atoms with Gasteiger partial charge in [-0.15, -0.1) is 0 Å². The molecule has 10 heteroatoms. The zero-order chi connectivity index (χ0) is 25.8. The van der Waals surface area contributed by atoms with Crippen molar-refractivity contribution in [3.8, 4) is 22.8 Å². The molecule has 0 saturated heterocycles. The van der Waals surface area contributed by atoms with E-state index in [0.29, 0.717) is 69.7 Å². The Hall–Kier alpha value is -3.11. The van der Waals surface area contributed by atoms with Gasteiger partial charge in [-0.3, -0.25) is 14.6 Å². The van der Waals surface area contributed by atoms with Crippen molar-refractivity contribution in [2.24, 2.45) is 0 Å². The van der Waals surface area contributed by atoms with Gasteiger partial charge in [-0.05, 0) is 64.5 Å². The van der Waals surface area contributed by atoms with Gasteiger partial charge in [-0.2, -0.15) is 0 Å². The number of nitrogens with one attached hydrogen (secondary N) is 1. The predicted octanol–water partition coefficient (Wildman–Crippen LogP) is 4.87. The second kappa shape index (κ2) is 11.3. The minimum absolute atomic E-state index is 0.0676. The number of para-hydroxylation sites is 1. The van der Waals surface area contributed by atoms with Gasteiger partial charge >= 0.3 is 11.3 Å². The number of rotatable bonds is 9. The third-order valence-electron chi connectivity index (χ3n) is 5.66. The molecule has 0 saturated carbocycles. The number of carbonyl (C=O) groups excluding carboxylic acids is 1. The smallest absolute Gasteiger partial charge is 0.325 e. The van der Waals surface area contributed by atoms with E-state index in [0.717, 1.165) is 0 Å². The molecule has 1 aromatic heterocycles. The van der Waals surface area contributed by atoms with E-state index in [1.54, 1.807) is 15.7 Å². The van der Waals surface area contributed by atoms with E-state index in [4.69, 9.17) is 14.6 Å². The number of halogens is 1. The first-order valence-corrected chi connectivity index (χ1v) is 13.7. The van der Waals surface area contributed by atoms with Gasteiger partial charge in [0.1, 0.15) is 6.61 Å². The number of benzene rings is 2. The first-order chi connectivity index (χ1) is 17.4. The van der Waals surface area contributed by atoms with Crippen molar-refractivity contribution < 1.29 is 19.0 Å². The average molecular weight is 573 g/mol. The van der Waals surface area contributed by atoms with E-state index in [9.17, 15) is 9.59 Å². The average Bonchev–Trinajstić information content (AvgIpc) is 2.87. The van der Waals surface area contributed by atoms with Crippen molar-refractivity contribution in [3.63, 3.8) is 0 Å². The zero-order valence-corrected chi connectivity index (χ0v) is 22.8. The minimum Gasteiger partial charge on any atom is -0.490 e. The van der Waals surface area contributed by atoms with Gasteiger partial charge in [0, 0.05) is 11.5 Å². The summed E-state index contributed by atoms with van der Waals surface area (Å²) in [5, 5.41) is 5.20. The molecule has 2 heterocycles. The van der Waals surface area contributed by atoms with Crippen LogP contribution in [0, 0.1) is 0 Å². The van der Waals surface area contributed by atoms with Gasteiger partial charge in [0.25, 0.3) is 6.17 Å². The van der Waals surface area contributed by atoms with Crippen LogP contribution < -0.4 is 24.6 Å². The summed E-state index contributed by atoms with van der Waals surface area (Å²) in [7, 11) is 0. The molecule has 8 nitrogen and oxygen atoms in total. The molecule has 1 N–H and O–H groups in total. The third kappa shape index (κ3) is 4.79. The van der Waals surface area contributed by atoms with Crippen molar-refractivity contribution >= 4 is 39.3 Å². The second-order valence-electron chi connectivity index (χ2n) is 8.02. The molecule has 1 atom stereocenters.